The van der Waals surface area contributed by atoms with Gasteiger partial charge in [-0.05, 0) is 30.3 Å². The van der Waals surface area contributed by atoms with Crippen molar-refractivity contribution in [1.29, 1.82) is 0 Å². The molecule has 0 N–H and O–H groups in total. The Morgan fingerprint density at radius 3 is 2.67 bits per heavy atom. The van der Waals surface area contributed by atoms with Crippen molar-refractivity contribution in [2.24, 2.45) is 0 Å². The number of benzene rings is 2. The number of hydrogen-bond acceptors (Lipinski definition) is 3. The van der Waals surface area contributed by atoms with Crippen LogP contribution in [-0.4, -0.2) is 17.9 Å². The molecule has 0 saturated heterocycles. The average molecular weight is 281 g/mol. The molecular formula is C17H12FNO2. The van der Waals surface area contributed by atoms with Gasteiger partial charge in [0.05, 0.1) is 12.6 Å². The van der Waals surface area contributed by atoms with Gasteiger partial charge in [-0.1, -0.05) is 18.2 Å². The Bertz CT molecular complexity index is 830. The Balaban J connectivity index is 2.03. The summed E-state index contributed by atoms with van der Waals surface area (Å²) in [6.07, 6.45) is 1.68. The molecular weight excluding hydrogens is 269 g/mol. The first-order valence-corrected chi connectivity index (χ1v) is 6.42. The minimum Gasteiger partial charge on any atom is -0.494 e. The highest BCUT2D eigenvalue weighted by Gasteiger charge is 2.13. The maximum Gasteiger partial charge on any atom is 0.193 e. The number of carbonyl (C=O) groups excluding carboxylic acids is 1. The van der Waals surface area contributed by atoms with Crippen molar-refractivity contribution in [2.75, 3.05) is 7.11 Å². The van der Waals surface area contributed by atoms with Gasteiger partial charge >= 0.3 is 0 Å². The van der Waals surface area contributed by atoms with E-state index in [-0.39, 0.29) is 11.5 Å². The molecule has 0 amide bonds. The molecule has 104 valence electrons. The predicted molar refractivity (Wildman–Crippen MR) is 78.1 cm³/mol. The minimum atomic E-state index is -0.491. The number of methoxy groups -OCH3 is 1. The molecule has 0 aliphatic heterocycles. The second-order valence-corrected chi connectivity index (χ2v) is 4.59. The highest BCUT2D eigenvalue weighted by Crippen LogP contribution is 2.21. The van der Waals surface area contributed by atoms with E-state index in [1.807, 2.05) is 18.2 Å². The highest BCUT2D eigenvalue weighted by molar-refractivity contribution is 6.10. The third-order valence-corrected chi connectivity index (χ3v) is 3.28. The van der Waals surface area contributed by atoms with E-state index < -0.39 is 5.82 Å². The van der Waals surface area contributed by atoms with Crippen LogP contribution in [0, 0.1) is 5.82 Å². The van der Waals surface area contributed by atoms with Crippen molar-refractivity contribution in [3.05, 3.63) is 71.7 Å². The van der Waals surface area contributed by atoms with Gasteiger partial charge in [-0.25, -0.2) is 4.39 Å². The largest absolute Gasteiger partial charge is 0.494 e. The van der Waals surface area contributed by atoms with Gasteiger partial charge in [-0.15, -0.1) is 0 Å². The summed E-state index contributed by atoms with van der Waals surface area (Å²) >= 11 is 0. The molecule has 0 aliphatic rings. The van der Waals surface area contributed by atoms with Gasteiger partial charge in [0.1, 0.15) is 0 Å². The Labute approximate surface area is 121 Å². The molecule has 0 bridgehead atoms. The van der Waals surface area contributed by atoms with Crippen molar-refractivity contribution in [3.8, 4) is 5.75 Å². The summed E-state index contributed by atoms with van der Waals surface area (Å²) in [7, 11) is 1.37. The van der Waals surface area contributed by atoms with Crippen LogP contribution in [-0.2, 0) is 0 Å². The Kier molecular flexibility index (Phi) is 3.36. The van der Waals surface area contributed by atoms with E-state index in [2.05, 4.69) is 4.98 Å². The first-order valence-electron chi connectivity index (χ1n) is 6.42. The van der Waals surface area contributed by atoms with Crippen molar-refractivity contribution in [1.82, 2.24) is 4.98 Å². The lowest BCUT2D eigenvalue weighted by Crippen LogP contribution is -2.02. The number of ketones is 1. The molecule has 3 aromatic rings. The molecule has 1 heterocycles. The van der Waals surface area contributed by atoms with Crippen LogP contribution in [0.5, 0.6) is 5.75 Å². The standard InChI is InChI=1S/C17H12FNO2/c1-21-16-10-13(6-7-14(16)18)17(20)12-5-4-11-3-2-8-19-15(11)9-12/h2-10H,1H3. The number of hydrogen-bond donors (Lipinski definition) is 0. The van der Waals surface area contributed by atoms with Crippen LogP contribution in [0.15, 0.2) is 54.7 Å². The molecule has 21 heavy (non-hydrogen) atoms. The van der Waals surface area contributed by atoms with Crippen LogP contribution >= 0.6 is 0 Å². The zero-order chi connectivity index (χ0) is 14.8. The minimum absolute atomic E-state index is 0.0553. The lowest BCUT2D eigenvalue weighted by atomic mass is 10.0. The van der Waals surface area contributed by atoms with Gasteiger partial charge in [0.25, 0.3) is 0 Å². The van der Waals surface area contributed by atoms with E-state index in [1.165, 1.54) is 25.3 Å². The maximum absolute atomic E-state index is 13.4. The third-order valence-electron chi connectivity index (χ3n) is 3.28. The van der Waals surface area contributed by atoms with Gasteiger partial charge in [0.2, 0.25) is 0 Å². The van der Waals surface area contributed by atoms with Crippen LogP contribution in [0.2, 0.25) is 0 Å². The van der Waals surface area contributed by atoms with Crippen LogP contribution < -0.4 is 4.74 Å². The number of rotatable bonds is 3. The zero-order valence-corrected chi connectivity index (χ0v) is 11.3. The number of ether oxygens (including phenoxy) is 1. The predicted octanol–water partition coefficient (Wildman–Crippen LogP) is 3.61. The molecule has 3 nitrogen and oxygen atoms in total. The van der Waals surface area contributed by atoms with Gasteiger partial charge in [0.15, 0.2) is 17.3 Å². The summed E-state index contributed by atoms with van der Waals surface area (Å²) in [5, 5.41) is 0.964. The molecule has 0 spiro atoms. The third kappa shape index (κ3) is 2.48. The van der Waals surface area contributed by atoms with Crippen molar-refractivity contribution < 1.29 is 13.9 Å². The van der Waals surface area contributed by atoms with E-state index in [9.17, 15) is 9.18 Å². The average Bonchev–Trinajstić information content (AvgIpc) is 2.54. The fourth-order valence-corrected chi connectivity index (χ4v) is 2.18. The van der Waals surface area contributed by atoms with Crippen molar-refractivity contribution >= 4 is 16.7 Å². The number of aromatic nitrogens is 1. The van der Waals surface area contributed by atoms with Crippen molar-refractivity contribution in [3.63, 3.8) is 0 Å². The zero-order valence-electron chi connectivity index (χ0n) is 11.3. The summed E-state index contributed by atoms with van der Waals surface area (Å²) in [6, 6.07) is 13.2. The fourth-order valence-electron chi connectivity index (χ4n) is 2.18. The summed E-state index contributed by atoms with van der Waals surface area (Å²) < 4.78 is 18.3. The highest BCUT2D eigenvalue weighted by atomic mass is 19.1. The Morgan fingerprint density at radius 2 is 1.86 bits per heavy atom. The lowest BCUT2D eigenvalue weighted by Gasteiger charge is -2.06. The van der Waals surface area contributed by atoms with E-state index >= 15 is 0 Å². The van der Waals surface area contributed by atoms with E-state index in [0.29, 0.717) is 11.1 Å². The number of pyridine rings is 1. The van der Waals surface area contributed by atoms with Crippen LogP contribution in [0.25, 0.3) is 10.9 Å². The van der Waals surface area contributed by atoms with Gasteiger partial charge < -0.3 is 4.74 Å². The Hall–Kier alpha value is -2.75. The monoisotopic (exact) mass is 281 g/mol. The molecule has 0 unspecified atom stereocenters. The summed E-state index contributed by atoms with van der Waals surface area (Å²) in [5.74, 6) is -0.630. The Morgan fingerprint density at radius 1 is 1.10 bits per heavy atom. The van der Waals surface area contributed by atoms with Gasteiger partial charge in [0, 0.05) is 22.7 Å². The number of fused-ring (bicyclic) bond motifs is 1. The molecule has 4 heteroatoms. The lowest BCUT2D eigenvalue weighted by molar-refractivity contribution is 0.103. The second kappa shape index (κ2) is 5.32. The van der Waals surface area contributed by atoms with Crippen LogP contribution in [0.3, 0.4) is 0 Å². The number of nitrogens with zero attached hydrogens (tertiary/aromatic N) is 1. The topological polar surface area (TPSA) is 39.2 Å². The number of halogens is 1. The molecule has 0 fully saturated rings. The van der Waals surface area contributed by atoms with E-state index in [0.717, 1.165) is 10.9 Å². The van der Waals surface area contributed by atoms with Crippen LogP contribution in [0.4, 0.5) is 4.39 Å². The van der Waals surface area contributed by atoms with Crippen LogP contribution in [0.1, 0.15) is 15.9 Å². The summed E-state index contributed by atoms with van der Waals surface area (Å²) in [5.41, 5.74) is 1.64. The smallest absolute Gasteiger partial charge is 0.193 e. The normalized spacial score (nSPS) is 10.6. The molecule has 0 atom stereocenters. The van der Waals surface area contributed by atoms with E-state index in [1.54, 1.807) is 18.3 Å². The summed E-state index contributed by atoms with van der Waals surface area (Å²) in [4.78, 5) is 16.7. The molecule has 0 radical (unpaired) electrons. The first kappa shape index (κ1) is 13.2. The van der Waals surface area contributed by atoms with E-state index in [4.69, 9.17) is 4.74 Å². The van der Waals surface area contributed by atoms with Crippen molar-refractivity contribution in [2.45, 2.75) is 0 Å². The molecule has 2 aromatic carbocycles. The molecule has 0 saturated carbocycles. The quantitative estimate of drug-likeness (QED) is 0.688. The molecule has 0 aliphatic carbocycles. The van der Waals surface area contributed by atoms with Gasteiger partial charge in [-0.3, -0.25) is 9.78 Å². The number of carbonyl (C=O) groups is 1. The molecule has 1 aromatic heterocycles. The van der Waals surface area contributed by atoms with Gasteiger partial charge in [-0.2, -0.15) is 0 Å². The second-order valence-electron chi connectivity index (χ2n) is 4.59. The summed E-state index contributed by atoms with van der Waals surface area (Å²) in [6.45, 7) is 0. The first-order chi connectivity index (χ1) is 10.2. The fraction of sp³-hybridized carbons (Fsp3) is 0.0588. The maximum atomic E-state index is 13.4. The molecule has 3 rings (SSSR count). The SMILES string of the molecule is COc1cc(C(=O)c2ccc3cccnc3c2)ccc1F.